The number of ether oxygens (including phenoxy) is 3. The van der Waals surface area contributed by atoms with Gasteiger partial charge in [0.2, 0.25) is 0 Å². The van der Waals surface area contributed by atoms with Crippen molar-refractivity contribution in [3.8, 4) is 5.75 Å². The molecule has 3 aromatic rings. The Balaban J connectivity index is 1.84. The number of carbonyl (C=O) groups excluding carboxylic acids is 1. The Hall–Kier alpha value is -1.96. The molecule has 11 heteroatoms. The van der Waals surface area contributed by atoms with Crippen LogP contribution in [0.3, 0.4) is 0 Å². The Labute approximate surface area is 193 Å². The maximum absolute atomic E-state index is 12.9. The number of nitrogens with zero attached hydrogens (tertiary/aromatic N) is 1. The van der Waals surface area contributed by atoms with Crippen molar-refractivity contribution in [3.05, 3.63) is 50.6 Å². The van der Waals surface area contributed by atoms with Crippen molar-refractivity contribution < 1.29 is 32.2 Å². The number of halogens is 4. The van der Waals surface area contributed by atoms with E-state index in [9.17, 15) is 18.0 Å². The fourth-order valence-corrected chi connectivity index (χ4v) is 4.40. The van der Waals surface area contributed by atoms with Gasteiger partial charge in [-0.1, -0.05) is 11.3 Å². The van der Waals surface area contributed by atoms with Gasteiger partial charge in [0.1, 0.15) is 5.75 Å². The molecule has 3 rings (SSSR count). The third-order valence-corrected chi connectivity index (χ3v) is 5.76. The van der Waals surface area contributed by atoms with Crippen molar-refractivity contribution >= 4 is 55.2 Å². The topological polar surface area (TPSA) is 69.7 Å². The van der Waals surface area contributed by atoms with Gasteiger partial charge in [-0.15, -0.1) is 0 Å². The third-order valence-electron chi connectivity index (χ3n) is 4.20. The number of alkyl halides is 3. The van der Waals surface area contributed by atoms with Gasteiger partial charge >= 0.3 is 6.18 Å². The zero-order valence-electron chi connectivity index (χ0n) is 16.5. The van der Waals surface area contributed by atoms with Crippen molar-refractivity contribution in [1.82, 2.24) is 4.98 Å². The molecule has 0 unspecified atom stereocenters. The standard InChI is InChI=1S/C20H18F3IN2O4S/c1-28-5-6-30-10-11-7-13(24)9-14(17(11)29-2)18(27)26-19-25-15-4-3-12(20(21,22)23)8-16(15)31-19/h3-4,7-9H,5-6,10H2,1-2H3,(H,25,26,27). The smallest absolute Gasteiger partial charge is 0.416 e. The number of aromatic nitrogens is 1. The van der Waals surface area contributed by atoms with Crippen LogP contribution in [-0.2, 0) is 22.3 Å². The first-order chi connectivity index (χ1) is 14.7. The van der Waals surface area contributed by atoms with E-state index in [0.29, 0.717) is 34.7 Å². The maximum atomic E-state index is 12.9. The summed E-state index contributed by atoms with van der Waals surface area (Å²) in [7, 11) is 3.03. The molecule has 1 amide bonds. The van der Waals surface area contributed by atoms with Gasteiger partial charge in [-0.2, -0.15) is 13.2 Å². The van der Waals surface area contributed by atoms with Crippen LogP contribution in [0.5, 0.6) is 5.75 Å². The summed E-state index contributed by atoms with van der Waals surface area (Å²) in [6.07, 6.45) is -4.45. The molecule has 0 radical (unpaired) electrons. The molecule has 0 spiro atoms. The Bertz CT molecular complexity index is 1090. The quantitative estimate of drug-likeness (QED) is 0.295. The van der Waals surface area contributed by atoms with Crippen molar-refractivity contribution in [2.24, 2.45) is 0 Å². The van der Waals surface area contributed by atoms with E-state index >= 15 is 0 Å². The number of amides is 1. The fraction of sp³-hybridized carbons (Fsp3) is 0.300. The van der Waals surface area contributed by atoms with E-state index in [1.54, 1.807) is 13.2 Å². The number of hydrogen-bond donors (Lipinski definition) is 1. The highest BCUT2D eigenvalue weighted by atomic mass is 127. The highest BCUT2D eigenvalue weighted by molar-refractivity contribution is 14.1. The van der Waals surface area contributed by atoms with Gasteiger partial charge in [0, 0.05) is 16.2 Å². The SMILES string of the molecule is COCCOCc1cc(I)cc(C(=O)Nc2nc3ccc(C(F)(F)F)cc3s2)c1OC. The zero-order chi connectivity index (χ0) is 22.6. The molecule has 1 aromatic heterocycles. The predicted molar refractivity (Wildman–Crippen MR) is 120 cm³/mol. The molecule has 1 heterocycles. The first-order valence-corrected chi connectivity index (χ1v) is 10.8. The lowest BCUT2D eigenvalue weighted by atomic mass is 10.1. The lowest BCUT2D eigenvalue weighted by molar-refractivity contribution is -0.137. The Morgan fingerprint density at radius 2 is 1.97 bits per heavy atom. The summed E-state index contributed by atoms with van der Waals surface area (Å²) < 4.78 is 55.8. The lowest BCUT2D eigenvalue weighted by Crippen LogP contribution is -2.15. The van der Waals surface area contributed by atoms with Gasteiger partial charge in [-0.3, -0.25) is 10.1 Å². The number of methoxy groups -OCH3 is 2. The van der Waals surface area contributed by atoms with Crippen molar-refractivity contribution in [2.75, 3.05) is 32.8 Å². The molecule has 2 aromatic carbocycles. The molecule has 0 aliphatic carbocycles. The molecule has 0 aliphatic rings. The average molecular weight is 566 g/mol. The molecule has 6 nitrogen and oxygen atoms in total. The number of rotatable bonds is 8. The van der Waals surface area contributed by atoms with E-state index in [-0.39, 0.29) is 17.3 Å². The van der Waals surface area contributed by atoms with Crippen molar-refractivity contribution in [2.45, 2.75) is 12.8 Å². The van der Waals surface area contributed by atoms with Crippen molar-refractivity contribution in [3.63, 3.8) is 0 Å². The molecule has 0 fully saturated rings. The number of hydrogen-bond acceptors (Lipinski definition) is 6. The second-order valence-electron chi connectivity index (χ2n) is 6.34. The van der Waals surface area contributed by atoms with E-state index in [1.807, 2.05) is 6.07 Å². The summed E-state index contributed by atoms with van der Waals surface area (Å²) in [4.78, 5) is 17.1. The third kappa shape index (κ3) is 5.84. The number of benzene rings is 2. The summed E-state index contributed by atoms with van der Waals surface area (Å²) in [5.41, 5.74) is 0.568. The van der Waals surface area contributed by atoms with Crippen LogP contribution in [0.25, 0.3) is 10.2 Å². The van der Waals surface area contributed by atoms with E-state index in [0.717, 1.165) is 27.0 Å². The summed E-state index contributed by atoms with van der Waals surface area (Å²) in [5.74, 6) is -0.126. The second kappa shape index (κ2) is 10.1. The van der Waals surface area contributed by atoms with Crippen LogP contribution in [0.4, 0.5) is 18.3 Å². The van der Waals surface area contributed by atoms with Crippen LogP contribution < -0.4 is 10.1 Å². The van der Waals surface area contributed by atoms with E-state index in [2.05, 4.69) is 32.9 Å². The zero-order valence-corrected chi connectivity index (χ0v) is 19.5. The highest BCUT2D eigenvalue weighted by Crippen LogP contribution is 2.35. The number of carbonyl (C=O) groups is 1. The van der Waals surface area contributed by atoms with Crippen molar-refractivity contribution in [1.29, 1.82) is 0 Å². The Morgan fingerprint density at radius 3 is 2.65 bits per heavy atom. The minimum atomic E-state index is -4.45. The number of thiazole rings is 1. The van der Waals surface area contributed by atoms with Crippen LogP contribution in [0.1, 0.15) is 21.5 Å². The number of nitrogens with one attached hydrogen (secondary N) is 1. The lowest BCUT2D eigenvalue weighted by Gasteiger charge is -2.14. The monoisotopic (exact) mass is 566 g/mol. The highest BCUT2D eigenvalue weighted by Gasteiger charge is 2.30. The summed E-state index contributed by atoms with van der Waals surface area (Å²) >= 11 is 3.05. The van der Waals surface area contributed by atoms with Crippen LogP contribution in [0.15, 0.2) is 30.3 Å². The Morgan fingerprint density at radius 1 is 1.19 bits per heavy atom. The van der Waals surface area contributed by atoms with Crippen LogP contribution >= 0.6 is 33.9 Å². The van der Waals surface area contributed by atoms with Crippen LogP contribution in [0.2, 0.25) is 0 Å². The van der Waals surface area contributed by atoms with E-state index < -0.39 is 17.6 Å². The van der Waals surface area contributed by atoms with Crippen LogP contribution in [-0.4, -0.2) is 38.3 Å². The molecule has 0 saturated heterocycles. The first-order valence-electron chi connectivity index (χ1n) is 8.95. The molecule has 0 atom stereocenters. The van der Waals surface area contributed by atoms with Gasteiger partial charge in [0.15, 0.2) is 5.13 Å². The summed E-state index contributed by atoms with van der Waals surface area (Å²) in [5, 5.41) is 2.85. The minimum absolute atomic E-state index is 0.193. The van der Waals surface area contributed by atoms with Gasteiger partial charge in [0.25, 0.3) is 5.91 Å². The number of anilines is 1. The van der Waals surface area contributed by atoms with Gasteiger partial charge in [0.05, 0.1) is 48.3 Å². The minimum Gasteiger partial charge on any atom is -0.496 e. The number of fused-ring (bicyclic) bond motifs is 1. The van der Waals surface area contributed by atoms with Gasteiger partial charge in [-0.25, -0.2) is 4.98 Å². The molecular weight excluding hydrogens is 548 g/mol. The molecular formula is C20H18F3IN2O4S. The molecule has 31 heavy (non-hydrogen) atoms. The van der Waals surface area contributed by atoms with E-state index in [4.69, 9.17) is 14.2 Å². The summed E-state index contributed by atoms with van der Waals surface area (Å²) in [6, 6.07) is 6.77. The Kier molecular flexibility index (Phi) is 7.73. The average Bonchev–Trinajstić information content (AvgIpc) is 3.11. The van der Waals surface area contributed by atoms with Gasteiger partial charge < -0.3 is 14.2 Å². The second-order valence-corrected chi connectivity index (χ2v) is 8.62. The normalized spacial score (nSPS) is 11.7. The molecule has 0 bridgehead atoms. The molecule has 1 N–H and O–H groups in total. The van der Waals surface area contributed by atoms with Gasteiger partial charge in [-0.05, 0) is 52.9 Å². The largest absolute Gasteiger partial charge is 0.496 e. The molecule has 166 valence electrons. The predicted octanol–water partition coefficient (Wildman–Crippen LogP) is 5.34. The molecule has 0 aliphatic heterocycles. The summed E-state index contributed by atoms with van der Waals surface area (Å²) in [6.45, 7) is 1.05. The first kappa shape index (κ1) is 23.7. The van der Waals surface area contributed by atoms with E-state index in [1.165, 1.54) is 13.2 Å². The molecule has 0 saturated carbocycles. The fourth-order valence-electron chi connectivity index (χ4n) is 2.81. The maximum Gasteiger partial charge on any atom is 0.416 e. The van der Waals surface area contributed by atoms with Crippen LogP contribution in [0, 0.1) is 3.57 Å².